The molecule has 5 nitrogen and oxygen atoms in total. The third kappa shape index (κ3) is 9.84. The molecule has 0 unspecified atom stereocenters. The van der Waals surface area contributed by atoms with Gasteiger partial charge >= 0.3 is 5.97 Å². The molecule has 0 amide bonds. The number of aryl methyl sites for hydroxylation is 1. The van der Waals surface area contributed by atoms with Gasteiger partial charge in [-0.25, -0.2) is 4.79 Å². The molecule has 0 atom stereocenters. The number of unbranched alkanes of at least 4 members (excludes halogenated alkanes) is 13. The van der Waals surface area contributed by atoms with Crippen molar-refractivity contribution in [2.45, 2.75) is 117 Å². The predicted molar refractivity (Wildman–Crippen MR) is 127 cm³/mol. The Morgan fingerprint density at radius 3 is 1.97 bits per heavy atom. The number of fused-ring (bicyclic) bond motifs is 1. The van der Waals surface area contributed by atoms with Crippen molar-refractivity contribution in [1.82, 2.24) is 9.90 Å². The van der Waals surface area contributed by atoms with Gasteiger partial charge in [-0.1, -0.05) is 96.1 Å². The minimum absolute atomic E-state index is 0.167. The Kier molecular flexibility index (Phi) is 12.9. The van der Waals surface area contributed by atoms with Crippen molar-refractivity contribution in [1.29, 1.82) is 0 Å². The fourth-order valence-corrected chi connectivity index (χ4v) is 4.19. The SMILES string of the molecule is CCCCCCCCCCCCCCCCn1n[n+](CC(=O)OCC)c2ccccc21. The van der Waals surface area contributed by atoms with Crippen molar-refractivity contribution in [3.05, 3.63) is 24.3 Å². The van der Waals surface area contributed by atoms with Gasteiger partial charge in [0.25, 0.3) is 0 Å². The Morgan fingerprint density at radius 2 is 1.39 bits per heavy atom. The lowest BCUT2D eigenvalue weighted by Gasteiger charge is -2.03. The molecule has 2 rings (SSSR count). The van der Waals surface area contributed by atoms with E-state index in [9.17, 15) is 4.79 Å². The van der Waals surface area contributed by atoms with Crippen LogP contribution in [0, 0.1) is 0 Å². The maximum Gasteiger partial charge on any atom is 0.350 e. The van der Waals surface area contributed by atoms with Crippen molar-refractivity contribution in [2.24, 2.45) is 0 Å². The van der Waals surface area contributed by atoms with Gasteiger partial charge in [-0.3, -0.25) is 0 Å². The second kappa shape index (κ2) is 15.8. The van der Waals surface area contributed by atoms with Gasteiger partial charge in [0, 0.05) is 0 Å². The Morgan fingerprint density at radius 1 is 0.839 bits per heavy atom. The molecule has 0 bridgehead atoms. The molecule has 1 aromatic heterocycles. The summed E-state index contributed by atoms with van der Waals surface area (Å²) in [7, 11) is 0. The number of carbonyl (C=O) groups is 1. The highest BCUT2D eigenvalue weighted by molar-refractivity contribution is 5.72. The first kappa shape index (κ1) is 25.4. The molecule has 0 saturated carbocycles. The first-order valence-corrected chi connectivity index (χ1v) is 12.8. The van der Waals surface area contributed by atoms with Crippen LogP contribution in [-0.2, 0) is 22.6 Å². The van der Waals surface area contributed by atoms with Gasteiger partial charge < -0.3 is 4.74 Å². The monoisotopic (exact) mass is 430 g/mol. The third-order valence-corrected chi connectivity index (χ3v) is 5.96. The molecule has 1 heterocycles. The van der Waals surface area contributed by atoms with Crippen molar-refractivity contribution in [2.75, 3.05) is 6.61 Å². The number of ether oxygens (including phenoxy) is 1. The minimum Gasteiger partial charge on any atom is -0.463 e. The molecule has 0 spiro atoms. The third-order valence-electron chi connectivity index (χ3n) is 5.96. The van der Waals surface area contributed by atoms with Gasteiger partial charge in [-0.05, 0) is 31.9 Å². The van der Waals surface area contributed by atoms with Crippen LogP contribution in [0.5, 0.6) is 0 Å². The van der Waals surface area contributed by atoms with E-state index < -0.39 is 0 Å². The van der Waals surface area contributed by atoms with E-state index in [1.54, 1.807) is 4.68 Å². The molecule has 0 aliphatic rings. The van der Waals surface area contributed by atoms with E-state index in [0.29, 0.717) is 6.61 Å². The van der Waals surface area contributed by atoms with E-state index in [4.69, 9.17) is 4.74 Å². The molecule has 0 saturated heterocycles. The normalized spacial score (nSPS) is 11.3. The average Bonchev–Trinajstić information content (AvgIpc) is 3.11. The molecule has 0 N–H and O–H groups in total. The Bertz CT molecular complexity index is 741. The lowest BCUT2D eigenvalue weighted by Crippen LogP contribution is -2.41. The van der Waals surface area contributed by atoms with E-state index in [-0.39, 0.29) is 12.5 Å². The van der Waals surface area contributed by atoms with Crippen LogP contribution in [0.15, 0.2) is 24.3 Å². The van der Waals surface area contributed by atoms with Gasteiger partial charge in [-0.2, -0.15) is 0 Å². The Labute approximate surface area is 189 Å². The summed E-state index contributed by atoms with van der Waals surface area (Å²) in [5.41, 5.74) is 2.07. The van der Waals surface area contributed by atoms with Crippen LogP contribution < -0.4 is 4.68 Å². The molecule has 5 heteroatoms. The van der Waals surface area contributed by atoms with Gasteiger partial charge in [0.15, 0.2) is 11.0 Å². The zero-order valence-corrected chi connectivity index (χ0v) is 20.0. The van der Waals surface area contributed by atoms with E-state index in [1.165, 1.54) is 83.5 Å². The summed E-state index contributed by atoms with van der Waals surface area (Å²) in [5.74, 6) is -0.237. The molecule has 174 valence electrons. The number of carbonyl (C=O) groups excluding carboxylic acids is 1. The summed E-state index contributed by atoms with van der Waals surface area (Å²) >= 11 is 0. The maximum absolute atomic E-state index is 11.9. The number of benzene rings is 1. The standard InChI is InChI=1S/C26H44N3O2/c1-3-5-6-7-8-9-10-11-12-13-14-15-16-19-22-28-24-20-17-18-21-25(24)29(27-28)23-26(30)31-4-2/h17-18,20-21H,3-16,19,22-23H2,1-2H3/q+1. The first-order chi connectivity index (χ1) is 15.3. The van der Waals surface area contributed by atoms with Crippen molar-refractivity contribution < 1.29 is 14.2 Å². The van der Waals surface area contributed by atoms with E-state index in [1.807, 2.05) is 29.8 Å². The molecule has 0 fully saturated rings. The molecular weight excluding hydrogens is 386 g/mol. The Balaban J connectivity index is 1.58. The van der Waals surface area contributed by atoms with Crippen LogP contribution in [0.1, 0.15) is 104 Å². The van der Waals surface area contributed by atoms with Gasteiger partial charge in [-0.15, -0.1) is 9.36 Å². The quantitative estimate of drug-likeness (QED) is 0.157. The minimum atomic E-state index is -0.237. The largest absolute Gasteiger partial charge is 0.463 e. The van der Waals surface area contributed by atoms with Crippen LogP contribution in [0.25, 0.3) is 11.0 Å². The summed E-state index contributed by atoms with van der Waals surface area (Å²) in [6.45, 7) is 5.57. The second-order valence-electron chi connectivity index (χ2n) is 8.66. The number of rotatable bonds is 18. The van der Waals surface area contributed by atoms with Crippen LogP contribution in [0.4, 0.5) is 0 Å². The summed E-state index contributed by atoms with van der Waals surface area (Å²) in [6.07, 6.45) is 19.1. The van der Waals surface area contributed by atoms with Gasteiger partial charge in [0.2, 0.25) is 6.54 Å². The average molecular weight is 431 g/mol. The fraction of sp³-hybridized carbons (Fsp3) is 0.731. The maximum atomic E-state index is 11.9. The number of hydrogen-bond acceptors (Lipinski definition) is 3. The van der Waals surface area contributed by atoms with Crippen molar-refractivity contribution in [3.63, 3.8) is 0 Å². The Hall–Kier alpha value is -1.91. The number of esters is 1. The molecule has 31 heavy (non-hydrogen) atoms. The highest BCUT2D eigenvalue weighted by Gasteiger charge is 2.20. The number of aromatic nitrogens is 3. The number of nitrogens with zero attached hydrogens (tertiary/aromatic N) is 3. The highest BCUT2D eigenvalue weighted by atomic mass is 16.5. The first-order valence-electron chi connectivity index (χ1n) is 12.8. The van der Waals surface area contributed by atoms with Crippen LogP contribution >= 0.6 is 0 Å². The zero-order chi connectivity index (χ0) is 22.2. The van der Waals surface area contributed by atoms with Gasteiger partial charge in [0.1, 0.15) is 6.54 Å². The summed E-state index contributed by atoms with van der Waals surface area (Å²) < 4.78 is 8.88. The fourth-order valence-electron chi connectivity index (χ4n) is 4.19. The molecule has 1 aromatic carbocycles. The van der Waals surface area contributed by atoms with Crippen molar-refractivity contribution >= 4 is 17.0 Å². The molecule has 0 aliphatic carbocycles. The van der Waals surface area contributed by atoms with Crippen LogP contribution in [0.2, 0.25) is 0 Å². The lowest BCUT2D eigenvalue weighted by molar-refractivity contribution is -0.722. The predicted octanol–water partition coefficient (Wildman–Crippen LogP) is 6.37. The number of hydrogen-bond donors (Lipinski definition) is 0. The molecule has 2 aromatic rings. The topological polar surface area (TPSA) is 48.0 Å². The summed E-state index contributed by atoms with van der Waals surface area (Å²) in [6, 6.07) is 8.11. The zero-order valence-electron chi connectivity index (χ0n) is 20.0. The molecular formula is C26H44N3O2+. The van der Waals surface area contributed by atoms with Crippen molar-refractivity contribution in [3.8, 4) is 0 Å². The molecule has 0 aliphatic heterocycles. The highest BCUT2D eigenvalue weighted by Crippen LogP contribution is 2.14. The smallest absolute Gasteiger partial charge is 0.350 e. The van der Waals surface area contributed by atoms with E-state index in [0.717, 1.165) is 24.0 Å². The van der Waals surface area contributed by atoms with Gasteiger partial charge in [0.05, 0.1) is 11.8 Å². The summed E-state index contributed by atoms with van der Waals surface area (Å²) in [5, 5.41) is 4.64. The molecule has 0 radical (unpaired) electrons. The van der Waals surface area contributed by atoms with E-state index >= 15 is 0 Å². The second-order valence-corrected chi connectivity index (χ2v) is 8.66. The lowest BCUT2D eigenvalue weighted by atomic mass is 10.0. The number of para-hydroxylation sites is 2. The summed E-state index contributed by atoms with van der Waals surface area (Å²) in [4.78, 5) is 11.9. The van der Waals surface area contributed by atoms with E-state index in [2.05, 4.69) is 18.2 Å². The van der Waals surface area contributed by atoms with Crippen LogP contribution in [-0.4, -0.2) is 22.5 Å². The van der Waals surface area contributed by atoms with Crippen LogP contribution in [0.3, 0.4) is 0 Å².